The largest absolute Gasteiger partial charge is 0.486 e. The molecule has 0 saturated carbocycles. The molecule has 0 bridgehead atoms. The lowest BCUT2D eigenvalue weighted by molar-refractivity contribution is -0.141. The first-order valence-corrected chi connectivity index (χ1v) is 13.7. The van der Waals surface area contributed by atoms with Crippen LogP contribution < -0.4 is 13.8 Å². The van der Waals surface area contributed by atoms with E-state index in [4.69, 9.17) is 4.74 Å². The fourth-order valence-electron chi connectivity index (χ4n) is 4.26. The van der Waals surface area contributed by atoms with E-state index in [-0.39, 0.29) is 41.3 Å². The van der Waals surface area contributed by atoms with Gasteiger partial charge in [-0.1, -0.05) is 30.4 Å². The van der Waals surface area contributed by atoms with E-state index in [0.717, 1.165) is 40.7 Å². The van der Waals surface area contributed by atoms with Crippen LogP contribution in [0.1, 0.15) is 29.5 Å². The number of fused-ring (bicyclic) bond motifs is 1. The molecule has 0 amide bonds. The van der Waals surface area contributed by atoms with Crippen LogP contribution in [0.25, 0.3) is 12.2 Å². The lowest BCUT2D eigenvalue weighted by Crippen LogP contribution is -2.43. The molecule has 0 N–H and O–H groups in total. The van der Waals surface area contributed by atoms with Crippen LogP contribution in [-0.4, -0.2) is 40.8 Å². The van der Waals surface area contributed by atoms with Crippen molar-refractivity contribution in [3.05, 3.63) is 83.2 Å². The number of carbonyl (C=O) groups excluding carboxylic acids is 1. The van der Waals surface area contributed by atoms with Gasteiger partial charge in [0.1, 0.15) is 23.4 Å². The molecule has 3 aromatic rings. The third-order valence-electron chi connectivity index (χ3n) is 6.23. The van der Waals surface area contributed by atoms with Gasteiger partial charge >= 0.3 is 18.8 Å². The van der Waals surface area contributed by atoms with Crippen molar-refractivity contribution in [1.82, 2.24) is 0 Å². The first-order valence-electron chi connectivity index (χ1n) is 12.3. The Balaban J connectivity index is 1.75. The average molecular weight is 616 g/mol. The number of benzene rings is 3. The number of rotatable bonds is 9. The number of ether oxygens (including phenoxy) is 3. The van der Waals surface area contributed by atoms with Gasteiger partial charge in [0.25, 0.3) is 10.0 Å². The third kappa shape index (κ3) is 6.98. The molecule has 0 fully saturated rings. The van der Waals surface area contributed by atoms with E-state index in [1.807, 2.05) is 0 Å². The van der Waals surface area contributed by atoms with E-state index in [1.54, 1.807) is 0 Å². The summed E-state index contributed by atoms with van der Waals surface area (Å²) in [6.07, 6.45) is -3.56. The molecule has 0 radical (unpaired) electrons. The first kappa shape index (κ1) is 30.8. The van der Waals surface area contributed by atoms with Crippen molar-refractivity contribution in [3.63, 3.8) is 0 Å². The zero-order valence-corrected chi connectivity index (χ0v) is 22.6. The Morgan fingerprint density at radius 1 is 1.10 bits per heavy atom. The quantitative estimate of drug-likeness (QED) is 0.155. The van der Waals surface area contributed by atoms with Gasteiger partial charge in [0.15, 0.2) is 0 Å². The number of sulfonamides is 1. The maximum absolute atomic E-state index is 14.3. The lowest BCUT2D eigenvalue weighted by Gasteiger charge is -2.35. The smallest absolute Gasteiger partial charge is 0.417 e. The normalized spacial score (nSPS) is 15.4. The number of hydrogen-bond acceptors (Lipinski definition) is 6. The van der Waals surface area contributed by atoms with Gasteiger partial charge in [-0.15, -0.1) is 0 Å². The van der Waals surface area contributed by atoms with Crippen LogP contribution in [0.3, 0.4) is 0 Å². The monoisotopic (exact) mass is 615 g/mol. The van der Waals surface area contributed by atoms with Crippen molar-refractivity contribution < 1.29 is 53.8 Å². The number of methoxy groups -OCH3 is 1. The summed E-state index contributed by atoms with van der Waals surface area (Å²) in [5.74, 6) is -1.99. The molecule has 42 heavy (non-hydrogen) atoms. The van der Waals surface area contributed by atoms with Crippen LogP contribution in [0.4, 0.5) is 32.0 Å². The van der Waals surface area contributed by atoms with Crippen molar-refractivity contribution in [2.24, 2.45) is 0 Å². The SMILES string of the molecule is COC(=O)CCC1CN(S(=O)(=O)c2cccc(OC(F)F)c2)c2cc(/C=C/c3c(F)cccc3C(F)(F)F)ccc2O1. The highest BCUT2D eigenvalue weighted by atomic mass is 32.2. The highest BCUT2D eigenvalue weighted by Gasteiger charge is 2.36. The van der Waals surface area contributed by atoms with Crippen molar-refractivity contribution in [3.8, 4) is 11.5 Å². The molecule has 4 rings (SSSR count). The van der Waals surface area contributed by atoms with Crippen LogP contribution in [-0.2, 0) is 25.7 Å². The number of nitrogens with zero attached hydrogens (tertiary/aromatic N) is 1. The summed E-state index contributed by atoms with van der Waals surface area (Å²) in [6.45, 7) is -3.50. The molecule has 0 aromatic heterocycles. The zero-order chi connectivity index (χ0) is 30.7. The van der Waals surface area contributed by atoms with Crippen molar-refractivity contribution in [2.75, 3.05) is 18.0 Å². The second kappa shape index (κ2) is 12.3. The summed E-state index contributed by atoms with van der Waals surface area (Å²) < 4.78 is 123. The van der Waals surface area contributed by atoms with Crippen molar-refractivity contribution in [2.45, 2.75) is 36.6 Å². The van der Waals surface area contributed by atoms with E-state index in [1.165, 1.54) is 43.5 Å². The van der Waals surface area contributed by atoms with E-state index in [9.17, 15) is 39.6 Å². The molecule has 1 aliphatic rings. The van der Waals surface area contributed by atoms with Crippen LogP contribution >= 0.6 is 0 Å². The number of halogens is 6. The van der Waals surface area contributed by atoms with Gasteiger partial charge in [0.2, 0.25) is 0 Å². The average Bonchev–Trinajstić information content (AvgIpc) is 2.93. The van der Waals surface area contributed by atoms with E-state index < -0.39 is 57.6 Å². The van der Waals surface area contributed by atoms with Crippen molar-refractivity contribution in [1.29, 1.82) is 0 Å². The van der Waals surface area contributed by atoms with Gasteiger partial charge in [-0.3, -0.25) is 9.10 Å². The Morgan fingerprint density at radius 2 is 1.83 bits per heavy atom. The second-order valence-corrected chi connectivity index (χ2v) is 10.9. The molecule has 224 valence electrons. The number of anilines is 1. The highest BCUT2D eigenvalue weighted by molar-refractivity contribution is 7.92. The molecule has 14 heteroatoms. The molecule has 0 spiro atoms. The predicted molar refractivity (Wildman–Crippen MR) is 140 cm³/mol. The van der Waals surface area contributed by atoms with E-state index in [2.05, 4.69) is 9.47 Å². The molecule has 0 aliphatic carbocycles. The molecule has 0 saturated heterocycles. The lowest BCUT2D eigenvalue weighted by atomic mass is 10.0. The highest BCUT2D eigenvalue weighted by Crippen LogP contribution is 2.40. The Labute approximate surface area is 237 Å². The fraction of sp³-hybridized carbons (Fsp3) is 0.250. The number of alkyl halides is 5. The Hall–Kier alpha value is -4.20. The standard InChI is InChI=1S/C28H23F6NO6S/c1-39-26(36)13-10-19-16-35(42(37,38)20-5-2-4-18(15-20)41-27(30)31)24-14-17(9-12-25(24)40-19)8-11-21-22(28(32,33)34)6-3-7-23(21)29/h2-9,11-12,14-15,19,27H,10,13,16H2,1H3/b11-8+. The van der Waals surface area contributed by atoms with Crippen molar-refractivity contribution >= 4 is 33.8 Å². The van der Waals surface area contributed by atoms with Gasteiger partial charge in [0.05, 0.1) is 29.8 Å². The minimum Gasteiger partial charge on any atom is -0.486 e. The summed E-state index contributed by atoms with van der Waals surface area (Å²) in [4.78, 5) is 11.3. The number of carbonyl (C=O) groups is 1. The molecular formula is C28H23F6NO6S. The first-order chi connectivity index (χ1) is 19.8. The fourth-order valence-corrected chi connectivity index (χ4v) is 5.80. The topological polar surface area (TPSA) is 82.1 Å². The zero-order valence-electron chi connectivity index (χ0n) is 21.8. The summed E-state index contributed by atoms with van der Waals surface area (Å²) >= 11 is 0. The van der Waals surface area contributed by atoms with Gasteiger partial charge in [-0.05, 0) is 48.4 Å². The molecule has 3 aromatic carbocycles. The van der Waals surface area contributed by atoms with Crippen LogP contribution in [0.2, 0.25) is 0 Å². The number of esters is 1. The van der Waals surface area contributed by atoms with Crippen LogP contribution in [0, 0.1) is 5.82 Å². The van der Waals surface area contributed by atoms with E-state index in [0.29, 0.717) is 0 Å². The summed E-state index contributed by atoms with van der Waals surface area (Å²) in [7, 11) is -3.25. The summed E-state index contributed by atoms with van der Waals surface area (Å²) in [6, 6.07) is 11.1. The van der Waals surface area contributed by atoms with Crippen LogP contribution in [0.15, 0.2) is 65.6 Å². The molecular weight excluding hydrogens is 592 g/mol. The Morgan fingerprint density at radius 3 is 2.52 bits per heavy atom. The Kier molecular flexibility index (Phi) is 9.04. The molecule has 1 aliphatic heterocycles. The Bertz CT molecular complexity index is 1590. The second-order valence-electron chi connectivity index (χ2n) is 9.00. The maximum Gasteiger partial charge on any atom is 0.417 e. The minimum atomic E-state index is -4.82. The molecule has 1 unspecified atom stereocenters. The summed E-state index contributed by atoms with van der Waals surface area (Å²) in [5.41, 5.74) is -1.71. The summed E-state index contributed by atoms with van der Waals surface area (Å²) in [5, 5.41) is 0. The predicted octanol–water partition coefficient (Wildman–Crippen LogP) is 6.53. The number of hydrogen-bond donors (Lipinski definition) is 0. The van der Waals surface area contributed by atoms with Gasteiger partial charge < -0.3 is 14.2 Å². The van der Waals surface area contributed by atoms with Gasteiger partial charge in [0, 0.05) is 18.1 Å². The van der Waals surface area contributed by atoms with Gasteiger partial charge in [-0.2, -0.15) is 22.0 Å². The van der Waals surface area contributed by atoms with Gasteiger partial charge in [-0.25, -0.2) is 12.8 Å². The third-order valence-corrected chi connectivity index (χ3v) is 8.01. The van der Waals surface area contributed by atoms with E-state index >= 15 is 0 Å². The molecule has 1 heterocycles. The molecule has 7 nitrogen and oxygen atoms in total. The minimum absolute atomic E-state index is 0.0174. The maximum atomic E-state index is 14.3. The molecule has 1 atom stereocenters. The van der Waals surface area contributed by atoms with Crippen LogP contribution in [0.5, 0.6) is 11.5 Å².